The number of hydrogen-bond acceptors (Lipinski definition) is 2. The van der Waals surface area contributed by atoms with E-state index < -0.39 is 11.4 Å². The quantitative estimate of drug-likeness (QED) is 0.700. The van der Waals surface area contributed by atoms with Crippen LogP contribution in [0.15, 0.2) is 0 Å². The van der Waals surface area contributed by atoms with E-state index in [0.717, 1.165) is 25.9 Å². The molecule has 0 aromatic rings. The van der Waals surface area contributed by atoms with Crippen molar-refractivity contribution in [3.8, 4) is 0 Å². The summed E-state index contributed by atoms with van der Waals surface area (Å²) in [5.74, 6) is -0.627. The molecule has 3 nitrogen and oxygen atoms in total. The van der Waals surface area contributed by atoms with Crippen LogP contribution in [0.1, 0.15) is 33.6 Å². The summed E-state index contributed by atoms with van der Waals surface area (Å²) in [4.78, 5) is 13.6. The Morgan fingerprint density at radius 1 is 1.29 bits per heavy atom. The van der Waals surface area contributed by atoms with Crippen LogP contribution < -0.4 is 0 Å². The molecule has 0 atom stereocenters. The maximum Gasteiger partial charge on any atom is 0.310 e. The molecule has 14 heavy (non-hydrogen) atoms. The highest BCUT2D eigenvalue weighted by Crippen LogP contribution is 2.46. The standard InChI is InChI=1S/C11H21NO2/c1-10(2,3)11(9(13)14)5-7-12(4)8-6-11/h5-8H2,1-4H3,(H,13,14). The van der Waals surface area contributed by atoms with Crippen LogP contribution in [0.4, 0.5) is 0 Å². The van der Waals surface area contributed by atoms with Crippen molar-refractivity contribution in [2.24, 2.45) is 10.8 Å². The molecule has 0 aromatic carbocycles. The molecule has 1 saturated heterocycles. The van der Waals surface area contributed by atoms with Crippen molar-refractivity contribution in [1.29, 1.82) is 0 Å². The average molecular weight is 199 g/mol. The minimum absolute atomic E-state index is 0.153. The van der Waals surface area contributed by atoms with Crippen LogP contribution in [0, 0.1) is 10.8 Å². The predicted octanol–water partition coefficient (Wildman–Crippen LogP) is 1.83. The second kappa shape index (κ2) is 3.54. The SMILES string of the molecule is CN1CCC(C(=O)O)(C(C)(C)C)CC1. The van der Waals surface area contributed by atoms with Gasteiger partial charge in [0.05, 0.1) is 5.41 Å². The lowest BCUT2D eigenvalue weighted by Crippen LogP contribution is -2.50. The highest BCUT2D eigenvalue weighted by molar-refractivity contribution is 5.75. The zero-order chi connectivity index (χ0) is 11.0. The maximum atomic E-state index is 11.4. The zero-order valence-electron chi connectivity index (χ0n) is 9.63. The lowest BCUT2D eigenvalue weighted by molar-refractivity contribution is -0.160. The van der Waals surface area contributed by atoms with Crippen LogP contribution in [-0.2, 0) is 4.79 Å². The fraction of sp³-hybridized carbons (Fsp3) is 0.909. The molecular formula is C11H21NO2. The lowest BCUT2D eigenvalue weighted by Gasteiger charge is -2.46. The predicted molar refractivity (Wildman–Crippen MR) is 56.3 cm³/mol. The number of hydrogen-bond donors (Lipinski definition) is 1. The number of piperidine rings is 1. The number of carboxylic acid groups (broad SMARTS) is 1. The Balaban J connectivity index is 2.90. The van der Waals surface area contributed by atoms with Crippen molar-refractivity contribution in [3.05, 3.63) is 0 Å². The number of carboxylic acids is 1. The minimum atomic E-state index is -0.627. The van der Waals surface area contributed by atoms with E-state index in [1.807, 2.05) is 20.8 Å². The highest BCUT2D eigenvalue weighted by atomic mass is 16.4. The molecule has 1 heterocycles. The molecule has 1 aliphatic heterocycles. The Morgan fingerprint density at radius 3 is 2.00 bits per heavy atom. The lowest BCUT2D eigenvalue weighted by atomic mass is 9.61. The van der Waals surface area contributed by atoms with Crippen LogP contribution in [-0.4, -0.2) is 36.1 Å². The van der Waals surface area contributed by atoms with Gasteiger partial charge in [-0.05, 0) is 38.4 Å². The van der Waals surface area contributed by atoms with Gasteiger partial charge >= 0.3 is 5.97 Å². The molecule has 0 aliphatic carbocycles. The second-order valence-electron chi connectivity index (χ2n) is 5.44. The molecule has 0 saturated carbocycles. The molecule has 0 amide bonds. The van der Waals surface area contributed by atoms with E-state index in [-0.39, 0.29) is 5.41 Å². The number of nitrogens with zero attached hydrogens (tertiary/aromatic N) is 1. The van der Waals surface area contributed by atoms with Gasteiger partial charge in [0.1, 0.15) is 0 Å². The van der Waals surface area contributed by atoms with Gasteiger partial charge in [-0.2, -0.15) is 0 Å². The summed E-state index contributed by atoms with van der Waals surface area (Å²) in [7, 11) is 2.05. The van der Waals surface area contributed by atoms with Crippen molar-refractivity contribution >= 4 is 5.97 Å². The van der Waals surface area contributed by atoms with Gasteiger partial charge in [0.15, 0.2) is 0 Å². The van der Waals surface area contributed by atoms with Gasteiger partial charge in [0.2, 0.25) is 0 Å². The van der Waals surface area contributed by atoms with Crippen molar-refractivity contribution < 1.29 is 9.90 Å². The van der Waals surface area contributed by atoms with E-state index in [0.29, 0.717) is 0 Å². The van der Waals surface area contributed by atoms with Crippen LogP contribution in [0.5, 0.6) is 0 Å². The first-order valence-electron chi connectivity index (χ1n) is 5.21. The van der Waals surface area contributed by atoms with Gasteiger partial charge in [0.25, 0.3) is 0 Å². The van der Waals surface area contributed by atoms with Crippen LogP contribution in [0.2, 0.25) is 0 Å². The van der Waals surface area contributed by atoms with Crippen LogP contribution in [0.25, 0.3) is 0 Å². The normalized spacial score (nSPS) is 23.4. The average Bonchev–Trinajstić information content (AvgIpc) is 2.02. The van der Waals surface area contributed by atoms with E-state index in [1.165, 1.54) is 0 Å². The molecular weight excluding hydrogens is 178 g/mol. The van der Waals surface area contributed by atoms with E-state index >= 15 is 0 Å². The molecule has 3 heteroatoms. The van der Waals surface area contributed by atoms with Crippen LogP contribution in [0.3, 0.4) is 0 Å². The first-order chi connectivity index (χ1) is 6.29. The Hall–Kier alpha value is -0.570. The number of rotatable bonds is 1. The van der Waals surface area contributed by atoms with Gasteiger partial charge in [0, 0.05) is 0 Å². The molecule has 0 aromatic heterocycles. The Bertz CT molecular complexity index is 222. The smallest absolute Gasteiger partial charge is 0.310 e. The molecule has 0 bridgehead atoms. The number of carbonyl (C=O) groups is 1. The summed E-state index contributed by atoms with van der Waals surface area (Å²) in [5, 5.41) is 9.39. The fourth-order valence-corrected chi connectivity index (χ4v) is 2.28. The van der Waals surface area contributed by atoms with Gasteiger partial charge in [-0.3, -0.25) is 4.79 Å². The van der Waals surface area contributed by atoms with E-state index in [4.69, 9.17) is 0 Å². The Morgan fingerprint density at radius 2 is 1.71 bits per heavy atom. The summed E-state index contributed by atoms with van der Waals surface area (Å²) in [5.41, 5.74) is -0.681. The molecule has 0 spiro atoms. The third-order valence-corrected chi connectivity index (χ3v) is 3.69. The molecule has 1 N–H and O–H groups in total. The number of likely N-dealkylation sites (tertiary alicyclic amines) is 1. The summed E-state index contributed by atoms with van der Waals surface area (Å²) >= 11 is 0. The van der Waals surface area contributed by atoms with E-state index in [1.54, 1.807) is 0 Å². The zero-order valence-corrected chi connectivity index (χ0v) is 9.63. The summed E-state index contributed by atoms with van der Waals surface area (Å²) in [6, 6.07) is 0. The van der Waals surface area contributed by atoms with Crippen LogP contribution >= 0.6 is 0 Å². The van der Waals surface area contributed by atoms with Crippen molar-refractivity contribution in [3.63, 3.8) is 0 Å². The summed E-state index contributed by atoms with van der Waals surface area (Å²) < 4.78 is 0. The largest absolute Gasteiger partial charge is 0.481 e. The van der Waals surface area contributed by atoms with E-state index in [9.17, 15) is 9.90 Å². The molecule has 82 valence electrons. The van der Waals surface area contributed by atoms with Gasteiger partial charge in [-0.1, -0.05) is 20.8 Å². The molecule has 1 fully saturated rings. The Kier molecular flexibility index (Phi) is 2.91. The van der Waals surface area contributed by atoms with Gasteiger partial charge < -0.3 is 10.0 Å². The minimum Gasteiger partial charge on any atom is -0.481 e. The highest BCUT2D eigenvalue weighted by Gasteiger charge is 2.49. The third kappa shape index (κ3) is 1.78. The van der Waals surface area contributed by atoms with Crippen molar-refractivity contribution in [2.45, 2.75) is 33.6 Å². The number of aliphatic carboxylic acids is 1. The van der Waals surface area contributed by atoms with Gasteiger partial charge in [-0.25, -0.2) is 0 Å². The molecule has 0 radical (unpaired) electrons. The first-order valence-corrected chi connectivity index (χ1v) is 5.21. The monoisotopic (exact) mass is 199 g/mol. The first kappa shape index (κ1) is 11.5. The molecule has 0 unspecified atom stereocenters. The maximum absolute atomic E-state index is 11.4. The molecule has 1 aliphatic rings. The van der Waals surface area contributed by atoms with Crippen molar-refractivity contribution in [1.82, 2.24) is 4.90 Å². The second-order valence-corrected chi connectivity index (χ2v) is 5.44. The summed E-state index contributed by atoms with van der Waals surface area (Å²) in [6.45, 7) is 7.89. The van der Waals surface area contributed by atoms with Crippen molar-refractivity contribution in [2.75, 3.05) is 20.1 Å². The molecule has 1 rings (SSSR count). The fourth-order valence-electron chi connectivity index (χ4n) is 2.28. The third-order valence-electron chi connectivity index (χ3n) is 3.69. The Labute approximate surface area is 86.1 Å². The van der Waals surface area contributed by atoms with E-state index in [2.05, 4.69) is 11.9 Å². The topological polar surface area (TPSA) is 40.5 Å². The van der Waals surface area contributed by atoms with Gasteiger partial charge in [-0.15, -0.1) is 0 Å². The summed E-state index contributed by atoms with van der Waals surface area (Å²) in [6.07, 6.45) is 1.53.